The molecule has 6 heteroatoms. The molecule has 1 aromatic carbocycles. The summed E-state index contributed by atoms with van der Waals surface area (Å²) in [6.45, 7) is -0.420. The van der Waals surface area contributed by atoms with E-state index in [1.54, 1.807) is 37.4 Å². The van der Waals surface area contributed by atoms with Gasteiger partial charge in [-0.2, -0.15) is 5.10 Å². The van der Waals surface area contributed by atoms with Gasteiger partial charge in [0.25, 0.3) is 0 Å². The highest BCUT2D eigenvalue weighted by Gasteiger charge is 2.36. The van der Waals surface area contributed by atoms with E-state index in [0.29, 0.717) is 11.3 Å². The average Bonchev–Trinajstić information content (AvgIpc) is 2.84. The number of rotatable bonds is 5. The van der Waals surface area contributed by atoms with E-state index in [2.05, 4.69) is 5.10 Å². The van der Waals surface area contributed by atoms with Crippen LogP contribution in [0.25, 0.3) is 0 Å². The largest absolute Gasteiger partial charge is 0.366 e. The normalized spacial score (nSPS) is 14.6. The zero-order chi connectivity index (χ0) is 13.9. The molecule has 3 N–H and O–H groups in total. The second-order valence-corrected chi connectivity index (χ2v) is 4.14. The summed E-state index contributed by atoms with van der Waals surface area (Å²) in [6, 6.07) is 10.3. The zero-order valence-corrected chi connectivity index (χ0v) is 10.5. The number of aliphatic hydroxyl groups excluding tert-OH is 1. The molecule has 2 rings (SSSR count). The van der Waals surface area contributed by atoms with Gasteiger partial charge in [0, 0.05) is 18.8 Å². The monoisotopic (exact) mass is 264 g/mol. The van der Waals surface area contributed by atoms with Crippen LogP contribution >= 0.6 is 0 Å². The fourth-order valence-corrected chi connectivity index (χ4v) is 1.87. The van der Waals surface area contributed by atoms with Crippen molar-refractivity contribution in [1.82, 2.24) is 9.78 Å². The molecule has 102 valence electrons. The van der Waals surface area contributed by atoms with Crippen molar-refractivity contribution >= 4 is 0 Å². The second-order valence-electron chi connectivity index (χ2n) is 4.14. The van der Waals surface area contributed by atoms with E-state index in [0.717, 1.165) is 0 Å². The van der Waals surface area contributed by atoms with Crippen molar-refractivity contribution in [2.24, 2.45) is 7.05 Å². The highest BCUT2D eigenvalue weighted by Crippen LogP contribution is 2.30. The van der Waals surface area contributed by atoms with Crippen molar-refractivity contribution in [3.05, 3.63) is 53.9 Å². The number of nitrogens with zero attached hydrogens (tertiary/aromatic N) is 2. The second kappa shape index (κ2) is 5.50. The Labute approximate surface area is 110 Å². The van der Waals surface area contributed by atoms with Gasteiger partial charge in [0.1, 0.15) is 12.3 Å². The van der Waals surface area contributed by atoms with Crippen LogP contribution in [0.4, 0.5) is 0 Å². The summed E-state index contributed by atoms with van der Waals surface area (Å²) in [6.07, 6.45) is -0.134. The summed E-state index contributed by atoms with van der Waals surface area (Å²) in [4.78, 5) is 0. The molecule has 0 aliphatic heterocycles. The molecule has 0 aliphatic carbocycles. The van der Waals surface area contributed by atoms with E-state index >= 15 is 0 Å². The predicted octanol–water partition coefficient (Wildman–Crippen LogP) is -0.0592. The van der Waals surface area contributed by atoms with E-state index in [4.69, 9.17) is 14.9 Å². The Balaban J connectivity index is 2.41. The number of aliphatic hydroxyl groups is 3. The molecule has 2 aromatic rings. The van der Waals surface area contributed by atoms with Gasteiger partial charge in [-0.05, 0) is 6.07 Å². The first kappa shape index (κ1) is 13.7. The van der Waals surface area contributed by atoms with Crippen LogP contribution in [-0.4, -0.2) is 38.0 Å². The molecule has 0 spiro atoms. The Morgan fingerprint density at radius 1 is 1.26 bits per heavy atom. The van der Waals surface area contributed by atoms with E-state index in [1.807, 2.05) is 6.07 Å². The van der Waals surface area contributed by atoms with Gasteiger partial charge in [-0.25, -0.2) is 0 Å². The fourth-order valence-electron chi connectivity index (χ4n) is 1.87. The number of hydrogen-bond acceptors (Lipinski definition) is 5. The molecule has 19 heavy (non-hydrogen) atoms. The standard InChI is InChI=1S/C13H16N2O4/c1-15-11(7-8-14-15)13(18,19-9-12(16)17)10-5-3-2-4-6-10/h2-8,12,16-18H,9H2,1H3. The first-order chi connectivity index (χ1) is 9.04. The number of aryl methyl sites for hydroxylation is 1. The molecule has 1 heterocycles. The Morgan fingerprint density at radius 3 is 2.47 bits per heavy atom. The number of aromatic nitrogens is 2. The third kappa shape index (κ3) is 2.82. The number of ether oxygens (including phenoxy) is 1. The lowest BCUT2D eigenvalue weighted by molar-refractivity contribution is -0.223. The maximum absolute atomic E-state index is 10.8. The van der Waals surface area contributed by atoms with E-state index in [1.165, 1.54) is 10.9 Å². The molecular formula is C13H16N2O4. The van der Waals surface area contributed by atoms with Gasteiger partial charge in [0.05, 0.1) is 0 Å². The summed E-state index contributed by atoms with van der Waals surface area (Å²) >= 11 is 0. The minimum Gasteiger partial charge on any atom is -0.366 e. The van der Waals surface area contributed by atoms with E-state index in [9.17, 15) is 5.11 Å². The minimum absolute atomic E-state index is 0.402. The molecule has 0 fully saturated rings. The van der Waals surface area contributed by atoms with Crippen molar-refractivity contribution in [1.29, 1.82) is 0 Å². The van der Waals surface area contributed by atoms with Crippen LogP contribution in [-0.2, 0) is 17.6 Å². The van der Waals surface area contributed by atoms with Crippen LogP contribution in [0, 0.1) is 0 Å². The predicted molar refractivity (Wildman–Crippen MR) is 66.8 cm³/mol. The van der Waals surface area contributed by atoms with Gasteiger partial charge >= 0.3 is 0 Å². The Kier molecular flexibility index (Phi) is 3.96. The van der Waals surface area contributed by atoms with Gasteiger partial charge in [0.15, 0.2) is 6.29 Å². The number of hydrogen-bond donors (Lipinski definition) is 3. The molecule has 0 aliphatic rings. The maximum atomic E-state index is 10.8. The van der Waals surface area contributed by atoms with Crippen LogP contribution in [0.15, 0.2) is 42.6 Å². The quantitative estimate of drug-likeness (QED) is 0.659. The summed E-state index contributed by atoms with van der Waals surface area (Å²) in [5, 5.41) is 32.6. The maximum Gasteiger partial charge on any atom is 0.237 e. The third-order valence-electron chi connectivity index (χ3n) is 2.77. The van der Waals surface area contributed by atoms with Crippen LogP contribution in [0.5, 0.6) is 0 Å². The van der Waals surface area contributed by atoms with Crippen molar-refractivity contribution < 1.29 is 20.1 Å². The Bertz CT molecular complexity index is 526. The third-order valence-corrected chi connectivity index (χ3v) is 2.77. The average molecular weight is 264 g/mol. The Morgan fingerprint density at radius 2 is 1.95 bits per heavy atom. The molecule has 6 nitrogen and oxygen atoms in total. The van der Waals surface area contributed by atoms with Crippen molar-refractivity contribution in [3.8, 4) is 0 Å². The molecule has 0 saturated heterocycles. The highest BCUT2D eigenvalue weighted by molar-refractivity contribution is 5.29. The van der Waals surface area contributed by atoms with Crippen LogP contribution in [0.2, 0.25) is 0 Å². The van der Waals surface area contributed by atoms with Crippen LogP contribution in [0.1, 0.15) is 11.3 Å². The van der Waals surface area contributed by atoms with Crippen molar-refractivity contribution in [3.63, 3.8) is 0 Å². The summed E-state index contributed by atoms with van der Waals surface area (Å²) in [7, 11) is 1.67. The van der Waals surface area contributed by atoms with Crippen molar-refractivity contribution in [2.75, 3.05) is 6.61 Å². The van der Waals surface area contributed by atoms with E-state index < -0.39 is 18.7 Å². The smallest absolute Gasteiger partial charge is 0.237 e. The molecule has 0 saturated carbocycles. The lowest BCUT2D eigenvalue weighted by atomic mass is 10.0. The number of benzene rings is 1. The summed E-state index contributed by atoms with van der Waals surface area (Å²) in [5.41, 5.74) is 0.888. The Hall–Kier alpha value is -1.73. The summed E-state index contributed by atoms with van der Waals surface area (Å²) in [5.74, 6) is -1.78. The van der Waals surface area contributed by atoms with Gasteiger partial charge in [-0.15, -0.1) is 0 Å². The molecule has 1 atom stereocenters. The van der Waals surface area contributed by atoms with Crippen LogP contribution in [0.3, 0.4) is 0 Å². The SMILES string of the molecule is Cn1nccc1C(O)(OCC(O)O)c1ccccc1. The first-order valence-electron chi connectivity index (χ1n) is 5.80. The lowest BCUT2D eigenvalue weighted by Crippen LogP contribution is -2.36. The van der Waals surface area contributed by atoms with Gasteiger partial charge in [-0.3, -0.25) is 4.68 Å². The topological polar surface area (TPSA) is 87.7 Å². The fraction of sp³-hybridized carbons (Fsp3) is 0.308. The lowest BCUT2D eigenvalue weighted by Gasteiger charge is -2.29. The first-order valence-corrected chi connectivity index (χ1v) is 5.80. The zero-order valence-electron chi connectivity index (χ0n) is 10.5. The van der Waals surface area contributed by atoms with Gasteiger partial charge < -0.3 is 20.1 Å². The molecular weight excluding hydrogens is 248 g/mol. The molecule has 0 bridgehead atoms. The van der Waals surface area contributed by atoms with Crippen molar-refractivity contribution in [2.45, 2.75) is 12.1 Å². The minimum atomic E-state index is -1.78. The molecule has 1 unspecified atom stereocenters. The molecule has 1 aromatic heterocycles. The van der Waals surface area contributed by atoms with Crippen LogP contribution < -0.4 is 0 Å². The molecule has 0 radical (unpaired) electrons. The summed E-state index contributed by atoms with van der Waals surface area (Å²) < 4.78 is 6.77. The van der Waals surface area contributed by atoms with E-state index in [-0.39, 0.29) is 0 Å². The van der Waals surface area contributed by atoms with Gasteiger partial charge in [-0.1, -0.05) is 30.3 Å². The highest BCUT2D eigenvalue weighted by atomic mass is 16.6. The molecule has 0 amide bonds. The van der Waals surface area contributed by atoms with Gasteiger partial charge in [0.2, 0.25) is 5.79 Å².